The molecule has 0 amide bonds. The number of hydrogen-bond acceptors (Lipinski definition) is 3. The van der Waals surface area contributed by atoms with Crippen LogP contribution in [0.5, 0.6) is 5.75 Å². The lowest BCUT2D eigenvalue weighted by Gasteiger charge is -2.48. The van der Waals surface area contributed by atoms with Crippen molar-refractivity contribution in [1.82, 2.24) is 5.32 Å². The van der Waals surface area contributed by atoms with Crippen molar-refractivity contribution < 1.29 is 9.47 Å². The van der Waals surface area contributed by atoms with Crippen molar-refractivity contribution in [1.29, 1.82) is 0 Å². The van der Waals surface area contributed by atoms with Gasteiger partial charge in [-0.15, -0.1) is 0 Å². The van der Waals surface area contributed by atoms with E-state index in [2.05, 4.69) is 51.2 Å². The van der Waals surface area contributed by atoms with E-state index in [1.807, 2.05) is 0 Å². The summed E-state index contributed by atoms with van der Waals surface area (Å²) in [6.45, 7) is 9.62. The zero-order valence-corrected chi connectivity index (χ0v) is 13.6. The largest absolute Gasteiger partial charge is 0.487 e. The van der Waals surface area contributed by atoms with Gasteiger partial charge in [0.15, 0.2) is 0 Å². The van der Waals surface area contributed by atoms with Gasteiger partial charge in [0, 0.05) is 30.9 Å². The summed E-state index contributed by atoms with van der Waals surface area (Å²) in [6.07, 6.45) is 3.53. The minimum atomic E-state index is -0.0772. The Morgan fingerprint density at radius 3 is 2.57 bits per heavy atom. The molecule has 2 aliphatic heterocycles. The molecule has 3 unspecified atom stereocenters. The molecule has 0 saturated carbocycles. The fourth-order valence-corrected chi connectivity index (χ4v) is 4.09. The molecule has 0 aliphatic carbocycles. The average molecular weight is 289 g/mol. The molecule has 1 N–H and O–H groups in total. The molecular weight excluding hydrogens is 262 g/mol. The van der Waals surface area contributed by atoms with Crippen LogP contribution in [0.2, 0.25) is 0 Å². The molecule has 3 rings (SSSR count). The monoisotopic (exact) mass is 289 g/mol. The molecule has 0 radical (unpaired) electrons. The van der Waals surface area contributed by atoms with Crippen LogP contribution < -0.4 is 10.1 Å². The predicted octanol–water partition coefficient (Wildman–Crippen LogP) is 3.75. The van der Waals surface area contributed by atoms with Crippen molar-refractivity contribution in [2.45, 2.75) is 70.8 Å². The normalized spacial score (nSPS) is 35.3. The second-order valence-corrected chi connectivity index (χ2v) is 6.81. The van der Waals surface area contributed by atoms with Gasteiger partial charge >= 0.3 is 0 Å². The van der Waals surface area contributed by atoms with Crippen LogP contribution in [0.15, 0.2) is 18.2 Å². The molecule has 3 heteroatoms. The maximum absolute atomic E-state index is 6.51. The summed E-state index contributed by atoms with van der Waals surface area (Å²) >= 11 is 0. The summed E-state index contributed by atoms with van der Waals surface area (Å²) in [6, 6.07) is 6.94. The van der Waals surface area contributed by atoms with Gasteiger partial charge in [0.2, 0.25) is 0 Å². The Morgan fingerprint density at radius 2 is 1.90 bits per heavy atom. The highest BCUT2D eigenvalue weighted by molar-refractivity contribution is 5.42. The highest BCUT2D eigenvalue weighted by atomic mass is 16.5. The molecule has 116 valence electrons. The van der Waals surface area contributed by atoms with Gasteiger partial charge in [-0.25, -0.2) is 0 Å². The summed E-state index contributed by atoms with van der Waals surface area (Å²) in [4.78, 5) is 0. The zero-order valence-electron chi connectivity index (χ0n) is 13.6. The van der Waals surface area contributed by atoms with Crippen molar-refractivity contribution >= 4 is 0 Å². The van der Waals surface area contributed by atoms with Crippen molar-refractivity contribution in [3.05, 3.63) is 29.3 Å². The van der Waals surface area contributed by atoms with E-state index < -0.39 is 0 Å². The fraction of sp³-hybridized carbons (Fsp3) is 0.667. The lowest BCUT2D eigenvalue weighted by molar-refractivity contribution is -0.130. The average Bonchev–Trinajstić information content (AvgIpc) is 2.38. The lowest BCUT2D eigenvalue weighted by atomic mass is 9.78. The van der Waals surface area contributed by atoms with E-state index in [4.69, 9.17) is 9.47 Å². The summed E-state index contributed by atoms with van der Waals surface area (Å²) in [7, 11) is 0. The van der Waals surface area contributed by atoms with Crippen LogP contribution in [0.4, 0.5) is 0 Å². The van der Waals surface area contributed by atoms with Crippen LogP contribution in [0.25, 0.3) is 0 Å². The highest BCUT2D eigenvalue weighted by Gasteiger charge is 2.45. The third-order valence-electron chi connectivity index (χ3n) is 4.68. The van der Waals surface area contributed by atoms with E-state index in [1.165, 1.54) is 11.1 Å². The molecule has 1 aromatic rings. The van der Waals surface area contributed by atoms with E-state index in [0.717, 1.165) is 31.6 Å². The SMILES string of the molecule is CCNC1CC2(CC(C)OC(C)C2)Oc2ccc(C)cc21. The number of ether oxygens (including phenoxy) is 2. The van der Waals surface area contributed by atoms with Crippen LogP contribution in [0.3, 0.4) is 0 Å². The van der Waals surface area contributed by atoms with Crippen LogP contribution >= 0.6 is 0 Å². The molecule has 1 aromatic carbocycles. The maximum atomic E-state index is 6.51. The standard InChI is InChI=1S/C18H27NO2/c1-5-19-16-11-18(9-13(3)20-14(4)10-18)21-17-7-6-12(2)8-15(16)17/h6-8,13-14,16,19H,5,9-11H2,1-4H3. The number of hydrogen-bond donors (Lipinski definition) is 1. The highest BCUT2D eigenvalue weighted by Crippen LogP contribution is 2.46. The molecular formula is C18H27NO2. The second kappa shape index (κ2) is 5.62. The molecule has 0 bridgehead atoms. The summed E-state index contributed by atoms with van der Waals surface area (Å²) in [5.74, 6) is 1.05. The fourth-order valence-electron chi connectivity index (χ4n) is 4.09. The minimum absolute atomic E-state index is 0.0772. The Bertz CT molecular complexity index is 504. The molecule has 0 aromatic heterocycles. The van der Waals surface area contributed by atoms with E-state index >= 15 is 0 Å². The molecule has 1 spiro atoms. The van der Waals surface area contributed by atoms with Gasteiger partial charge in [0.25, 0.3) is 0 Å². The predicted molar refractivity (Wildman–Crippen MR) is 84.8 cm³/mol. The van der Waals surface area contributed by atoms with Gasteiger partial charge in [-0.3, -0.25) is 0 Å². The molecule has 3 atom stereocenters. The second-order valence-electron chi connectivity index (χ2n) is 6.81. The maximum Gasteiger partial charge on any atom is 0.124 e. The number of rotatable bonds is 2. The minimum Gasteiger partial charge on any atom is -0.487 e. The summed E-state index contributed by atoms with van der Waals surface area (Å²) in [5.41, 5.74) is 2.53. The molecule has 3 nitrogen and oxygen atoms in total. The summed E-state index contributed by atoms with van der Waals surface area (Å²) in [5, 5.41) is 3.65. The molecule has 1 fully saturated rings. The first kappa shape index (κ1) is 14.9. The Balaban J connectivity index is 1.95. The topological polar surface area (TPSA) is 30.5 Å². The first-order chi connectivity index (χ1) is 10.0. The molecule has 21 heavy (non-hydrogen) atoms. The van der Waals surface area contributed by atoms with E-state index in [-0.39, 0.29) is 17.8 Å². The third kappa shape index (κ3) is 2.95. The van der Waals surface area contributed by atoms with Gasteiger partial charge in [0.1, 0.15) is 11.4 Å². The number of fused-ring (bicyclic) bond motifs is 1. The number of nitrogens with one attached hydrogen (secondary N) is 1. The number of benzene rings is 1. The Kier molecular flexibility index (Phi) is 3.98. The van der Waals surface area contributed by atoms with E-state index in [1.54, 1.807) is 0 Å². The van der Waals surface area contributed by atoms with Crippen LogP contribution in [0.1, 0.15) is 57.2 Å². The van der Waals surface area contributed by atoms with Gasteiger partial charge in [0.05, 0.1) is 12.2 Å². The van der Waals surface area contributed by atoms with Gasteiger partial charge < -0.3 is 14.8 Å². The third-order valence-corrected chi connectivity index (χ3v) is 4.68. The number of aryl methyl sites for hydroxylation is 1. The van der Waals surface area contributed by atoms with Crippen LogP contribution in [-0.4, -0.2) is 24.4 Å². The van der Waals surface area contributed by atoms with Crippen molar-refractivity contribution in [2.75, 3.05) is 6.54 Å². The van der Waals surface area contributed by atoms with E-state index in [0.29, 0.717) is 6.04 Å². The van der Waals surface area contributed by atoms with Gasteiger partial charge in [-0.2, -0.15) is 0 Å². The quantitative estimate of drug-likeness (QED) is 0.899. The lowest BCUT2D eigenvalue weighted by Crippen LogP contribution is -2.51. The zero-order chi connectivity index (χ0) is 15.0. The van der Waals surface area contributed by atoms with Gasteiger partial charge in [-0.05, 0) is 33.4 Å². The Labute approximate surface area is 128 Å². The molecule has 2 heterocycles. The summed E-state index contributed by atoms with van der Waals surface area (Å²) < 4.78 is 12.4. The van der Waals surface area contributed by atoms with Crippen molar-refractivity contribution in [3.63, 3.8) is 0 Å². The van der Waals surface area contributed by atoms with E-state index in [9.17, 15) is 0 Å². The van der Waals surface area contributed by atoms with Crippen LogP contribution in [0, 0.1) is 6.92 Å². The van der Waals surface area contributed by atoms with Crippen LogP contribution in [-0.2, 0) is 4.74 Å². The Morgan fingerprint density at radius 1 is 1.19 bits per heavy atom. The first-order valence-electron chi connectivity index (χ1n) is 8.20. The molecule has 1 saturated heterocycles. The van der Waals surface area contributed by atoms with Gasteiger partial charge in [-0.1, -0.05) is 24.6 Å². The van der Waals surface area contributed by atoms with Crippen molar-refractivity contribution in [3.8, 4) is 5.75 Å². The molecule has 2 aliphatic rings. The van der Waals surface area contributed by atoms with Crippen molar-refractivity contribution in [2.24, 2.45) is 0 Å². The Hall–Kier alpha value is -1.06. The first-order valence-corrected chi connectivity index (χ1v) is 8.20. The smallest absolute Gasteiger partial charge is 0.124 e.